The molecule has 1 aliphatic heterocycles. The van der Waals surface area contributed by atoms with Crippen molar-refractivity contribution in [3.63, 3.8) is 0 Å². The zero-order valence-electron chi connectivity index (χ0n) is 12.0. The molecule has 1 saturated heterocycles. The molecule has 122 valence electrons. The summed E-state index contributed by atoms with van der Waals surface area (Å²) in [4.78, 5) is 17.3. The highest BCUT2D eigenvalue weighted by Crippen LogP contribution is 2.27. The molecule has 0 unspecified atom stereocenters. The second kappa shape index (κ2) is 7.55. The normalized spacial score (nSPS) is 16.5. The van der Waals surface area contributed by atoms with Crippen molar-refractivity contribution in [2.45, 2.75) is 12.6 Å². The van der Waals surface area contributed by atoms with Crippen molar-refractivity contribution in [2.24, 2.45) is 0 Å². The Morgan fingerprint density at radius 1 is 1.32 bits per heavy atom. The molecule has 8 heteroatoms. The number of ether oxygens (including phenoxy) is 1. The second-order valence-electron chi connectivity index (χ2n) is 4.99. The van der Waals surface area contributed by atoms with E-state index in [0.29, 0.717) is 6.54 Å². The molecule has 1 aliphatic rings. The van der Waals surface area contributed by atoms with E-state index in [2.05, 4.69) is 15.2 Å². The maximum Gasteiger partial charge on any atom is 0.433 e. The zero-order valence-corrected chi connectivity index (χ0v) is 12.0. The van der Waals surface area contributed by atoms with E-state index in [1.54, 1.807) is 0 Å². The summed E-state index contributed by atoms with van der Waals surface area (Å²) in [5, 5.41) is 2.68. The van der Waals surface area contributed by atoms with Gasteiger partial charge in [0.15, 0.2) is 0 Å². The molecule has 0 radical (unpaired) electrons. The molecule has 2 heterocycles. The largest absolute Gasteiger partial charge is 0.433 e. The summed E-state index contributed by atoms with van der Waals surface area (Å²) in [7, 11) is 0. The van der Waals surface area contributed by atoms with Crippen LogP contribution in [0.1, 0.15) is 22.5 Å². The molecule has 0 bridgehead atoms. The fraction of sp³-hybridized carbons (Fsp3) is 0.571. The van der Waals surface area contributed by atoms with Crippen LogP contribution in [0.25, 0.3) is 0 Å². The fourth-order valence-electron chi connectivity index (χ4n) is 2.13. The average molecular weight is 317 g/mol. The van der Waals surface area contributed by atoms with Crippen LogP contribution in [0.2, 0.25) is 0 Å². The molecular formula is C14H18F3N3O2. The summed E-state index contributed by atoms with van der Waals surface area (Å²) in [6.07, 6.45) is -2.77. The van der Waals surface area contributed by atoms with Gasteiger partial charge < -0.3 is 10.1 Å². The lowest BCUT2D eigenvalue weighted by Crippen LogP contribution is -2.38. The molecule has 0 atom stereocenters. The number of nitrogens with zero attached hydrogens (tertiary/aromatic N) is 2. The number of aromatic nitrogens is 1. The van der Waals surface area contributed by atoms with E-state index >= 15 is 0 Å². The number of carbonyl (C=O) groups is 1. The number of hydrogen-bond acceptors (Lipinski definition) is 4. The van der Waals surface area contributed by atoms with E-state index in [9.17, 15) is 18.0 Å². The molecule has 1 amide bonds. The van der Waals surface area contributed by atoms with Gasteiger partial charge in [-0.1, -0.05) is 0 Å². The minimum atomic E-state index is -4.49. The summed E-state index contributed by atoms with van der Waals surface area (Å²) in [5.41, 5.74) is -0.879. The van der Waals surface area contributed by atoms with Crippen LogP contribution in [0.4, 0.5) is 13.2 Å². The molecule has 1 N–H and O–H groups in total. The van der Waals surface area contributed by atoms with Gasteiger partial charge in [0, 0.05) is 25.8 Å². The molecule has 0 aliphatic carbocycles. The molecular weight excluding hydrogens is 299 g/mol. The van der Waals surface area contributed by atoms with Gasteiger partial charge >= 0.3 is 6.18 Å². The smallest absolute Gasteiger partial charge is 0.379 e. The predicted molar refractivity (Wildman–Crippen MR) is 73.4 cm³/mol. The van der Waals surface area contributed by atoms with Crippen molar-refractivity contribution in [1.29, 1.82) is 0 Å². The molecule has 1 fully saturated rings. The van der Waals surface area contributed by atoms with E-state index in [1.165, 1.54) is 0 Å². The minimum Gasteiger partial charge on any atom is -0.379 e. The number of nitrogens with one attached hydrogen (secondary N) is 1. The van der Waals surface area contributed by atoms with Gasteiger partial charge in [0.2, 0.25) is 0 Å². The topological polar surface area (TPSA) is 54.5 Å². The quantitative estimate of drug-likeness (QED) is 0.837. The van der Waals surface area contributed by atoms with Crippen LogP contribution in [0.5, 0.6) is 0 Å². The monoisotopic (exact) mass is 317 g/mol. The third kappa shape index (κ3) is 4.96. The first kappa shape index (κ1) is 16.7. The van der Waals surface area contributed by atoms with E-state index in [1.807, 2.05) is 0 Å². The average Bonchev–Trinajstić information content (AvgIpc) is 2.52. The third-order valence-corrected chi connectivity index (χ3v) is 3.36. The summed E-state index contributed by atoms with van der Waals surface area (Å²) in [6, 6.07) is 1.94. The number of pyridine rings is 1. The van der Waals surface area contributed by atoms with Crippen molar-refractivity contribution in [2.75, 3.05) is 39.4 Å². The summed E-state index contributed by atoms with van der Waals surface area (Å²) < 4.78 is 42.3. The Kier molecular flexibility index (Phi) is 5.73. The molecule has 0 spiro atoms. The molecule has 0 saturated carbocycles. The number of rotatable bonds is 5. The Labute approximate surface area is 126 Å². The Balaban J connectivity index is 1.72. The van der Waals surface area contributed by atoms with Gasteiger partial charge in [0.05, 0.1) is 18.8 Å². The first-order chi connectivity index (χ1) is 10.5. The predicted octanol–water partition coefficient (Wildman–Crippen LogP) is 1.55. The highest BCUT2D eigenvalue weighted by atomic mass is 19.4. The highest BCUT2D eigenvalue weighted by molar-refractivity contribution is 5.93. The van der Waals surface area contributed by atoms with Gasteiger partial charge in [0.1, 0.15) is 5.69 Å². The number of hydrogen-bond donors (Lipinski definition) is 1. The minimum absolute atomic E-state index is 0.124. The highest BCUT2D eigenvalue weighted by Gasteiger charge is 2.32. The fourth-order valence-corrected chi connectivity index (χ4v) is 2.13. The molecule has 0 aromatic carbocycles. The van der Waals surface area contributed by atoms with Crippen LogP contribution in [0.3, 0.4) is 0 Å². The van der Waals surface area contributed by atoms with Crippen molar-refractivity contribution >= 4 is 5.91 Å². The Morgan fingerprint density at radius 2 is 2.05 bits per heavy atom. The number of carbonyl (C=O) groups excluding carboxylic acids is 1. The first-order valence-electron chi connectivity index (χ1n) is 7.08. The lowest BCUT2D eigenvalue weighted by atomic mass is 10.2. The van der Waals surface area contributed by atoms with Gasteiger partial charge in [-0.2, -0.15) is 13.2 Å². The summed E-state index contributed by atoms with van der Waals surface area (Å²) in [6.45, 7) is 4.55. The Hall–Kier alpha value is -1.67. The maximum atomic E-state index is 12.4. The van der Waals surface area contributed by atoms with E-state index in [-0.39, 0.29) is 5.56 Å². The lowest BCUT2D eigenvalue weighted by molar-refractivity contribution is -0.141. The number of halogens is 3. The van der Waals surface area contributed by atoms with Crippen LogP contribution >= 0.6 is 0 Å². The Morgan fingerprint density at radius 3 is 2.64 bits per heavy atom. The molecule has 22 heavy (non-hydrogen) atoms. The van der Waals surface area contributed by atoms with Crippen LogP contribution < -0.4 is 5.32 Å². The standard InChI is InChI=1S/C14H18F3N3O2/c15-14(16,17)12-3-2-11(10-19-12)13(21)18-4-1-5-20-6-8-22-9-7-20/h2-3,10H,1,4-9H2,(H,18,21). The number of alkyl halides is 3. The lowest BCUT2D eigenvalue weighted by Gasteiger charge is -2.26. The molecule has 1 aromatic heterocycles. The van der Waals surface area contributed by atoms with Crippen LogP contribution in [-0.4, -0.2) is 55.2 Å². The Bertz CT molecular complexity index is 485. The zero-order chi connectivity index (χ0) is 16.0. The van der Waals surface area contributed by atoms with Gasteiger partial charge in [-0.15, -0.1) is 0 Å². The van der Waals surface area contributed by atoms with Crippen LogP contribution in [0, 0.1) is 0 Å². The van der Waals surface area contributed by atoms with Crippen LogP contribution in [-0.2, 0) is 10.9 Å². The van der Waals surface area contributed by atoms with E-state index < -0.39 is 17.8 Å². The molecule has 5 nitrogen and oxygen atoms in total. The maximum absolute atomic E-state index is 12.4. The molecule has 1 aromatic rings. The van der Waals surface area contributed by atoms with Crippen molar-refractivity contribution in [3.05, 3.63) is 29.6 Å². The first-order valence-corrected chi connectivity index (χ1v) is 7.08. The van der Waals surface area contributed by atoms with Crippen LogP contribution in [0.15, 0.2) is 18.3 Å². The third-order valence-electron chi connectivity index (χ3n) is 3.36. The number of amides is 1. The number of morpholine rings is 1. The van der Waals surface area contributed by atoms with Crippen molar-refractivity contribution in [1.82, 2.24) is 15.2 Å². The van der Waals surface area contributed by atoms with Crippen molar-refractivity contribution < 1.29 is 22.7 Å². The summed E-state index contributed by atoms with van der Waals surface area (Å²) in [5.74, 6) is -0.414. The summed E-state index contributed by atoms with van der Waals surface area (Å²) >= 11 is 0. The van der Waals surface area contributed by atoms with Gasteiger partial charge in [-0.25, -0.2) is 0 Å². The van der Waals surface area contributed by atoms with E-state index in [0.717, 1.165) is 57.6 Å². The molecule has 2 rings (SSSR count). The van der Waals surface area contributed by atoms with Crippen molar-refractivity contribution in [3.8, 4) is 0 Å². The second-order valence-corrected chi connectivity index (χ2v) is 4.99. The van der Waals surface area contributed by atoms with Gasteiger partial charge in [-0.3, -0.25) is 14.7 Å². The van der Waals surface area contributed by atoms with E-state index in [4.69, 9.17) is 4.74 Å². The van der Waals surface area contributed by atoms with Gasteiger partial charge in [0.25, 0.3) is 5.91 Å². The SMILES string of the molecule is O=C(NCCCN1CCOCC1)c1ccc(C(F)(F)F)nc1. The van der Waals surface area contributed by atoms with Gasteiger partial charge in [-0.05, 0) is 25.1 Å².